The molecular formula is C11H17N3. The molecule has 3 nitrogen and oxygen atoms in total. The van der Waals surface area contributed by atoms with Gasteiger partial charge in [-0.1, -0.05) is 13.8 Å². The van der Waals surface area contributed by atoms with Gasteiger partial charge >= 0.3 is 0 Å². The van der Waals surface area contributed by atoms with Crippen LogP contribution in [0.3, 0.4) is 0 Å². The maximum absolute atomic E-state index is 8.77. The molecule has 0 bridgehead atoms. The van der Waals surface area contributed by atoms with Gasteiger partial charge in [0.25, 0.3) is 0 Å². The van der Waals surface area contributed by atoms with E-state index in [9.17, 15) is 0 Å². The van der Waals surface area contributed by atoms with E-state index >= 15 is 0 Å². The SMILES string of the molecule is CC(C)NCCCn1cccc1C#N. The third kappa shape index (κ3) is 3.23. The number of hydrogen-bond acceptors (Lipinski definition) is 2. The largest absolute Gasteiger partial charge is 0.339 e. The number of nitrogens with one attached hydrogen (secondary N) is 1. The lowest BCUT2D eigenvalue weighted by Gasteiger charge is -2.08. The molecule has 1 heterocycles. The Bertz CT molecular complexity index is 307. The van der Waals surface area contributed by atoms with Crippen molar-refractivity contribution in [3.63, 3.8) is 0 Å². The van der Waals surface area contributed by atoms with Gasteiger partial charge in [0.2, 0.25) is 0 Å². The first-order valence-corrected chi connectivity index (χ1v) is 5.02. The minimum atomic E-state index is 0.537. The second-order valence-corrected chi connectivity index (χ2v) is 3.66. The first-order valence-electron chi connectivity index (χ1n) is 5.02. The molecule has 0 saturated heterocycles. The van der Waals surface area contributed by atoms with Crippen molar-refractivity contribution in [2.75, 3.05) is 6.54 Å². The van der Waals surface area contributed by atoms with E-state index in [0.717, 1.165) is 25.2 Å². The summed E-state index contributed by atoms with van der Waals surface area (Å²) in [7, 11) is 0. The van der Waals surface area contributed by atoms with Crippen molar-refractivity contribution in [1.29, 1.82) is 5.26 Å². The van der Waals surface area contributed by atoms with E-state index in [1.54, 1.807) is 0 Å². The molecule has 0 amide bonds. The van der Waals surface area contributed by atoms with E-state index in [1.165, 1.54) is 0 Å². The van der Waals surface area contributed by atoms with Crippen molar-refractivity contribution < 1.29 is 0 Å². The summed E-state index contributed by atoms with van der Waals surface area (Å²) in [6.07, 6.45) is 3.01. The van der Waals surface area contributed by atoms with Crippen LogP contribution in [0, 0.1) is 11.3 Å². The van der Waals surface area contributed by atoms with Crippen molar-refractivity contribution in [3.05, 3.63) is 24.0 Å². The molecule has 0 aliphatic heterocycles. The van der Waals surface area contributed by atoms with Crippen LogP contribution >= 0.6 is 0 Å². The Kier molecular flexibility index (Phi) is 4.21. The van der Waals surface area contributed by atoms with Gasteiger partial charge in [-0.25, -0.2) is 0 Å². The van der Waals surface area contributed by atoms with Crippen LogP contribution in [-0.2, 0) is 6.54 Å². The van der Waals surface area contributed by atoms with Gasteiger partial charge in [0, 0.05) is 18.8 Å². The highest BCUT2D eigenvalue weighted by Gasteiger charge is 1.98. The van der Waals surface area contributed by atoms with E-state index in [-0.39, 0.29) is 0 Å². The predicted octanol–water partition coefficient (Wildman–Crippen LogP) is 1.75. The van der Waals surface area contributed by atoms with Gasteiger partial charge in [0.1, 0.15) is 11.8 Å². The van der Waals surface area contributed by atoms with Crippen LogP contribution in [0.2, 0.25) is 0 Å². The predicted molar refractivity (Wildman–Crippen MR) is 56.9 cm³/mol. The smallest absolute Gasteiger partial charge is 0.120 e. The molecule has 3 heteroatoms. The number of aromatic nitrogens is 1. The van der Waals surface area contributed by atoms with E-state index < -0.39 is 0 Å². The Morgan fingerprint density at radius 1 is 1.57 bits per heavy atom. The quantitative estimate of drug-likeness (QED) is 0.720. The summed E-state index contributed by atoms with van der Waals surface area (Å²) in [6.45, 7) is 6.18. The average molecular weight is 191 g/mol. The van der Waals surface area contributed by atoms with Gasteiger partial charge in [-0.2, -0.15) is 5.26 Å². The summed E-state index contributed by atoms with van der Waals surface area (Å²) in [5.74, 6) is 0. The molecule has 1 aromatic heterocycles. The van der Waals surface area contributed by atoms with E-state index in [1.807, 2.05) is 22.9 Å². The fraction of sp³-hybridized carbons (Fsp3) is 0.545. The standard InChI is InChI=1S/C11H17N3/c1-10(2)13-6-4-8-14-7-3-5-11(14)9-12/h3,5,7,10,13H,4,6,8H2,1-2H3. The molecule has 1 aromatic rings. The van der Waals surface area contributed by atoms with Gasteiger partial charge in [-0.15, -0.1) is 0 Å². The fourth-order valence-corrected chi connectivity index (χ4v) is 1.35. The van der Waals surface area contributed by atoms with E-state index in [4.69, 9.17) is 5.26 Å². The summed E-state index contributed by atoms with van der Waals surface area (Å²) in [5, 5.41) is 12.1. The first kappa shape index (κ1) is 10.8. The Balaban J connectivity index is 2.28. The van der Waals surface area contributed by atoms with Crippen LogP contribution in [-0.4, -0.2) is 17.2 Å². The average Bonchev–Trinajstić information content (AvgIpc) is 2.59. The Morgan fingerprint density at radius 2 is 2.36 bits per heavy atom. The minimum Gasteiger partial charge on any atom is -0.339 e. The van der Waals surface area contributed by atoms with Crippen LogP contribution in [0.5, 0.6) is 0 Å². The topological polar surface area (TPSA) is 40.8 Å². The second kappa shape index (κ2) is 5.46. The number of rotatable bonds is 5. The summed E-state index contributed by atoms with van der Waals surface area (Å²) in [5.41, 5.74) is 0.745. The fourth-order valence-electron chi connectivity index (χ4n) is 1.35. The van der Waals surface area contributed by atoms with Gasteiger partial charge in [0.15, 0.2) is 0 Å². The zero-order valence-electron chi connectivity index (χ0n) is 8.83. The molecule has 1 N–H and O–H groups in total. The molecule has 0 aromatic carbocycles. The van der Waals surface area contributed by atoms with Crippen molar-refractivity contribution in [2.24, 2.45) is 0 Å². The third-order valence-electron chi connectivity index (χ3n) is 2.07. The first-order chi connectivity index (χ1) is 6.74. The number of nitriles is 1. The monoisotopic (exact) mass is 191 g/mol. The lowest BCUT2D eigenvalue weighted by Crippen LogP contribution is -2.24. The number of aryl methyl sites for hydroxylation is 1. The third-order valence-corrected chi connectivity index (χ3v) is 2.07. The zero-order valence-corrected chi connectivity index (χ0v) is 8.83. The summed E-state index contributed by atoms with van der Waals surface area (Å²) < 4.78 is 1.99. The number of nitrogens with zero attached hydrogens (tertiary/aromatic N) is 2. The Hall–Kier alpha value is -1.27. The second-order valence-electron chi connectivity index (χ2n) is 3.66. The van der Waals surface area contributed by atoms with Crippen molar-refractivity contribution in [1.82, 2.24) is 9.88 Å². The molecule has 14 heavy (non-hydrogen) atoms. The highest BCUT2D eigenvalue weighted by atomic mass is 15.0. The maximum Gasteiger partial charge on any atom is 0.120 e. The van der Waals surface area contributed by atoms with Gasteiger partial charge in [-0.05, 0) is 25.1 Å². The van der Waals surface area contributed by atoms with Gasteiger partial charge in [0.05, 0.1) is 0 Å². The Morgan fingerprint density at radius 3 is 3.00 bits per heavy atom. The molecule has 0 saturated carbocycles. The molecule has 0 atom stereocenters. The number of hydrogen-bond donors (Lipinski definition) is 1. The van der Waals surface area contributed by atoms with Crippen LogP contribution in [0.15, 0.2) is 18.3 Å². The van der Waals surface area contributed by atoms with Crippen molar-refractivity contribution in [3.8, 4) is 6.07 Å². The van der Waals surface area contributed by atoms with Crippen molar-refractivity contribution >= 4 is 0 Å². The lowest BCUT2D eigenvalue weighted by atomic mass is 10.3. The molecule has 1 rings (SSSR count). The zero-order chi connectivity index (χ0) is 10.4. The van der Waals surface area contributed by atoms with Crippen LogP contribution in [0.4, 0.5) is 0 Å². The molecule has 0 spiro atoms. The van der Waals surface area contributed by atoms with Crippen LogP contribution in [0.1, 0.15) is 26.0 Å². The molecule has 76 valence electrons. The molecular weight excluding hydrogens is 174 g/mol. The van der Waals surface area contributed by atoms with E-state index in [2.05, 4.69) is 25.2 Å². The molecule has 0 radical (unpaired) electrons. The van der Waals surface area contributed by atoms with Gasteiger partial charge in [-0.3, -0.25) is 0 Å². The normalized spacial score (nSPS) is 10.4. The highest BCUT2D eigenvalue weighted by molar-refractivity contribution is 5.21. The summed E-state index contributed by atoms with van der Waals surface area (Å²) in [6, 6.07) is 6.46. The van der Waals surface area contributed by atoms with Crippen LogP contribution < -0.4 is 5.32 Å². The Labute approximate surface area is 85.3 Å². The summed E-state index contributed by atoms with van der Waals surface area (Å²) in [4.78, 5) is 0. The minimum absolute atomic E-state index is 0.537. The molecule has 0 fully saturated rings. The molecule has 0 aliphatic carbocycles. The molecule has 0 aliphatic rings. The molecule has 0 unspecified atom stereocenters. The van der Waals surface area contributed by atoms with Crippen molar-refractivity contribution in [2.45, 2.75) is 32.9 Å². The summed E-state index contributed by atoms with van der Waals surface area (Å²) >= 11 is 0. The van der Waals surface area contributed by atoms with Gasteiger partial charge < -0.3 is 9.88 Å². The van der Waals surface area contributed by atoms with E-state index in [0.29, 0.717) is 6.04 Å². The lowest BCUT2D eigenvalue weighted by molar-refractivity contribution is 0.535. The van der Waals surface area contributed by atoms with Crippen LogP contribution in [0.25, 0.3) is 0 Å². The maximum atomic E-state index is 8.77. The highest BCUT2D eigenvalue weighted by Crippen LogP contribution is 2.01.